The maximum absolute atomic E-state index is 12.4. The van der Waals surface area contributed by atoms with E-state index in [0.717, 1.165) is 11.3 Å². The third-order valence-corrected chi connectivity index (χ3v) is 7.22. The zero-order chi connectivity index (χ0) is 36.7. The fraction of sp³-hybridized carbons (Fsp3) is 0.459. The molecule has 258 valence electrons. The molecule has 0 saturated heterocycles. The van der Waals surface area contributed by atoms with E-state index < -0.39 is 16.4 Å². The lowest BCUT2D eigenvalue weighted by molar-refractivity contribution is -0.168. The van der Waals surface area contributed by atoms with Gasteiger partial charge in [0.15, 0.2) is 17.4 Å². The zero-order valence-electron chi connectivity index (χ0n) is 30.3. The number of carbonyl (C=O) groups excluding carboxylic acids is 4. The second kappa shape index (κ2) is 15.4. The summed E-state index contributed by atoms with van der Waals surface area (Å²) in [5.41, 5.74) is 6.32. The van der Waals surface area contributed by atoms with Gasteiger partial charge in [0.2, 0.25) is 5.91 Å². The Morgan fingerprint density at radius 1 is 0.771 bits per heavy atom. The Morgan fingerprint density at radius 3 is 1.77 bits per heavy atom. The van der Waals surface area contributed by atoms with Crippen molar-refractivity contribution in [3.05, 3.63) is 71.7 Å². The highest BCUT2D eigenvalue weighted by Gasteiger charge is 2.42. The van der Waals surface area contributed by atoms with Crippen LogP contribution in [0.15, 0.2) is 60.0 Å². The number of aromatic nitrogens is 3. The van der Waals surface area contributed by atoms with E-state index >= 15 is 0 Å². The number of aliphatic imine (C=N–C) groups is 1. The molecule has 0 fully saturated rings. The lowest BCUT2D eigenvalue weighted by atomic mass is 9.78. The maximum atomic E-state index is 12.4. The minimum Gasteiger partial charge on any atom is -0.454 e. The van der Waals surface area contributed by atoms with Crippen LogP contribution in [0.3, 0.4) is 0 Å². The highest BCUT2D eigenvalue weighted by atomic mass is 16.6. The van der Waals surface area contributed by atoms with Crippen molar-refractivity contribution in [3.8, 4) is 0 Å². The fourth-order valence-electron chi connectivity index (χ4n) is 4.16. The molecule has 0 saturated carbocycles. The van der Waals surface area contributed by atoms with Crippen molar-refractivity contribution < 1.29 is 23.9 Å². The Hall–Kier alpha value is -4.80. The van der Waals surface area contributed by atoms with Gasteiger partial charge in [-0.3, -0.25) is 19.2 Å². The first-order valence-electron chi connectivity index (χ1n) is 15.7. The second-order valence-corrected chi connectivity index (χ2v) is 14.9. The van der Waals surface area contributed by atoms with Gasteiger partial charge in [-0.2, -0.15) is 0 Å². The zero-order valence-corrected chi connectivity index (χ0v) is 30.3. The standard InChI is InChI=1S/C18H26N2O2.C12H16N2O2.C7H8N2O/c1-16(2,3)13-11-18(7,22-15(21)17(4,5)6)12-9-8-10-19-14(12)20-13;1-8(15)9-6-5-7-13-10(9)14-11(16)12(2,3)4;1-5(10)6-3-2-4-9-7(6)8/h8-10H,11H2,1-7H3;5-7H,1-4H3,(H,13,14,16);2-4H,1H3,(H2,8,9). The van der Waals surface area contributed by atoms with Crippen LogP contribution in [0.25, 0.3) is 0 Å². The van der Waals surface area contributed by atoms with Crippen molar-refractivity contribution in [2.45, 2.75) is 95.1 Å². The number of ether oxygens (including phenoxy) is 1. The van der Waals surface area contributed by atoms with Crippen LogP contribution in [0.1, 0.15) is 116 Å². The van der Waals surface area contributed by atoms with E-state index in [9.17, 15) is 19.2 Å². The Balaban J connectivity index is 0.000000269. The summed E-state index contributed by atoms with van der Waals surface area (Å²) in [6.45, 7) is 22.2. The molecule has 3 aromatic heterocycles. The topological polar surface area (TPSA) is 167 Å². The number of anilines is 2. The first kappa shape index (κ1) is 39.4. The summed E-state index contributed by atoms with van der Waals surface area (Å²) in [7, 11) is 0. The van der Waals surface area contributed by atoms with Crippen LogP contribution in [0.2, 0.25) is 0 Å². The average molecular weight is 659 g/mol. The lowest BCUT2D eigenvalue weighted by Gasteiger charge is -2.38. The monoisotopic (exact) mass is 658 g/mol. The number of pyridine rings is 3. The van der Waals surface area contributed by atoms with Gasteiger partial charge in [0.05, 0.1) is 16.5 Å². The molecule has 0 spiro atoms. The van der Waals surface area contributed by atoms with E-state index in [1.807, 2.05) is 39.8 Å². The molecule has 1 amide bonds. The van der Waals surface area contributed by atoms with Crippen molar-refractivity contribution >= 4 is 46.6 Å². The number of fused-ring (bicyclic) bond motifs is 1. The van der Waals surface area contributed by atoms with E-state index in [1.165, 1.54) is 13.8 Å². The predicted octanol–water partition coefficient (Wildman–Crippen LogP) is 7.54. The number of nitrogens with two attached hydrogens (primary N) is 1. The molecule has 0 radical (unpaired) electrons. The number of ketones is 2. The van der Waals surface area contributed by atoms with E-state index in [4.69, 9.17) is 15.5 Å². The molecule has 4 heterocycles. The number of rotatable bonds is 4. The Morgan fingerprint density at radius 2 is 1.29 bits per heavy atom. The lowest BCUT2D eigenvalue weighted by Crippen LogP contribution is -2.40. The van der Waals surface area contributed by atoms with Crippen LogP contribution in [0.4, 0.5) is 17.5 Å². The molecule has 1 aliphatic heterocycles. The van der Waals surface area contributed by atoms with Gasteiger partial charge in [-0.25, -0.2) is 19.9 Å². The third-order valence-electron chi connectivity index (χ3n) is 7.22. The highest BCUT2D eigenvalue weighted by Crippen LogP contribution is 2.43. The maximum Gasteiger partial charge on any atom is 0.312 e. The summed E-state index contributed by atoms with van der Waals surface area (Å²) in [5, 5.41) is 2.66. The number of Topliss-reactive ketones (excluding diaryl/α,β-unsaturated/α-hetero) is 2. The van der Waals surface area contributed by atoms with E-state index in [-0.39, 0.29) is 28.9 Å². The Kier molecular flexibility index (Phi) is 12.6. The van der Waals surface area contributed by atoms with Crippen LogP contribution >= 0.6 is 0 Å². The highest BCUT2D eigenvalue weighted by molar-refractivity contribution is 6.03. The van der Waals surface area contributed by atoms with Gasteiger partial charge in [-0.05, 0) is 77.9 Å². The molecule has 48 heavy (non-hydrogen) atoms. The average Bonchev–Trinajstić information content (AvgIpc) is 2.96. The van der Waals surface area contributed by atoms with Crippen molar-refractivity contribution in [3.63, 3.8) is 0 Å². The summed E-state index contributed by atoms with van der Waals surface area (Å²) in [5.74, 6) is 0.754. The SMILES string of the molecule is CC(=O)c1cccnc1N.CC(=O)c1cccnc1NC(=O)C(C)(C)C.CC(C)(C)C(=O)OC1(C)CC(C(C)(C)C)=Nc2ncccc21. The number of nitrogens with zero attached hydrogens (tertiary/aromatic N) is 4. The number of amides is 1. The van der Waals surface area contributed by atoms with Crippen LogP contribution in [-0.4, -0.2) is 44.1 Å². The quantitative estimate of drug-likeness (QED) is 0.213. The van der Waals surface area contributed by atoms with Crippen LogP contribution in [-0.2, 0) is 19.9 Å². The molecule has 1 atom stereocenters. The molecule has 3 aromatic rings. The van der Waals surface area contributed by atoms with Gasteiger partial charge in [0, 0.05) is 47.1 Å². The van der Waals surface area contributed by atoms with E-state index in [2.05, 4.69) is 41.0 Å². The molecule has 11 heteroatoms. The number of hydrogen-bond donors (Lipinski definition) is 2. The number of nitrogen functional groups attached to an aromatic ring is 1. The second-order valence-electron chi connectivity index (χ2n) is 14.9. The van der Waals surface area contributed by atoms with Crippen molar-refractivity contribution in [1.82, 2.24) is 15.0 Å². The van der Waals surface area contributed by atoms with Crippen molar-refractivity contribution in [2.75, 3.05) is 11.1 Å². The molecule has 4 rings (SSSR count). The molecular weight excluding hydrogens is 608 g/mol. The third kappa shape index (κ3) is 10.9. The minimum absolute atomic E-state index is 0.0504. The molecule has 0 aliphatic carbocycles. The summed E-state index contributed by atoms with van der Waals surface area (Å²) >= 11 is 0. The van der Waals surface area contributed by atoms with Gasteiger partial charge < -0.3 is 15.8 Å². The first-order chi connectivity index (χ1) is 22.0. The van der Waals surface area contributed by atoms with Gasteiger partial charge in [0.1, 0.15) is 17.2 Å². The fourth-order valence-corrected chi connectivity index (χ4v) is 4.16. The molecule has 1 aliphatic rings. The van der Waals surface area contributed by atoms with Gasteiger partial charge >= 0.3 is 5.97 Å². The van der Waals surface area contributed by atoms with Gasteiger partial charge in [-0.15, -0.1) is 0 Å². The summed E-state index contributed by atoms with van der Waals surface area (Å²) in [6, 6.07) is 10.5. The van der Waals surface area contributed by atoms with Gasteiger partial charge in [0.25, 0.3) is 0 Å². The van der Waals surface area contributed by atoms with Crippen LogP contribution < -0.4 is 11.1 Å². The molecule has 0 bridgehead atoms. The van der Waals surface area contributed by atoms with Crippen LogP contribution in [0, 0.1) is 16.2 Å². The summed E-state index contributed by atoms with van der Waals surface area (Å²) < 4.78 is 5.94. The minimum atomic E-state index is -0.724. The molecular formula is C37H50N6O5. The number of carbonyl (C=O) groups is 4. The first-order valence-corrected chi connectivity index (χ1v) is 15.7. The van der Waals surface area contributed by atoms with Crippen molar-refractivity contribution in [1.29, 1.82) is 0 Å². The smallest absolute Gasteiger partial charge is 0.312 e. The Bertz CT molecular complexity index is 1680. The predicted molar refractivity (Wildman–Crippen MR) is 189 cm³/mol. The largest absolute Gasteiger partial charge is 0.454 e. The van der Waals surface area contributed by atoms with Crippen LogP contribution in [0.5, 0.6) is 0 Å². The number of hydrogen-bond acceptors (Lipinski definition) is 10. The van der Waals surface area contributed by atoms with Crippen molar-refractivity contribution in [2.24, 2.45) is 21.2 Å². The molecule has 11 nitrogen and oxygen atoms in total. The molecule has 0 aromatic carbocycles. The molecule has 3 N–H and O–H groups in total. The van der Waals surface area contributed by atoms with E-state index in [1.54, 1.807) is 63.6 Å². The van der Waals surface area contributed by atoms with E-state index in [0.29, 0.717) is 35.0 Å². The number of esters is 1. The van der Waals surface area contributed by atoms with Gasteiger partial charge in [-0.1, -0.05) is 41.5 Å². The summed E-state index contributed by atoms with van der Waals surface area (Å²) in [6.07, 6.45) is 5.42. The number of nitrogens with one attached hydrogen (secondary N) is 1. The summed E-state index contributed by atoms with van der Waals surface area (Å²) in [4.78, 5) is 63.0. The Labute approximate surface area is 284 Å². The molecule has 1 unspecified atom stereocenters. The normalized spacial score (nSPS) is 15.6.